The number of hydrogen-bond acceptors (Lipinski definition) is 3. The van der Waals surface area contributed by atoms with Crippen LogP contribution < -0.4 is 16.0 Å². The van der Waals surface area contributed by atoms with E-state index in [1.807, 2.05) is 24.3 Å². The Bertz CT molecular complexity index is 808. The first-order valence-corrected chi connectivity index (χ1v) is 8.95. The monoisotopic (exact) mass is 347 g/mol. The second kappa shape index (κ2) is 8.50. The quantitative estimate of drug-likeness (QED) is 0.826. The molecule has 1 aliphatic rings. The lowest BCUT2D eigenvalue weighted by molar-refractivity contribution is -0.116. The van der Waals surface area contributed by atoms with Gasteiger partial charge >= 0.3 is 0 Å². The van der Waals surface area contributed by atoms with Crippen molar-refractivity contribution in [2.24, 2.45) is 5.73 Å². The van der Waals surface area contributed by atoms with Crippen molar-refractivity contribution in [1.29, 1.82) is 0 Å². The molecule has 26 heavy (non-hydrogen) atoms. The van der Waals surface area contributed by atoms with E-state index in [1.165, 1.54) is 11.3 Å². The van der Waals surface area contributed by atoms with Crippen LogP contribution in [-0.4, -0.2) is 19.5 Å². The van der Waals surface area contributed by atoms with Crippen molar-refractivity contribution in [2.45, 2.75) is 18.8 Å². The number of nitrogens with zero attached hydrogens (tertiary/aromatic N) is 1. The Balaban J connectivity index is 1.66. The van der Waals surface area contributed by atoms with E-state index in [-0.39, 0.29) is 11.8 Å². The van der Waals surface area contributed by atoms with E-state index in [0.717, 1.165) is 11.3 Å². The summed E-state index contributed by atoms with van der Waals surface area (Å²) in [6.45, 7) is 0.533. The molecule has 4 heteroatoms. The van der Waals surface area contributed by atoms with Gasteiger partial charge in [-0.2, -0.15) is 0 Å². The van der Waals surface area contributed by atoms with Gasteiger partial charge in [0.1, 0.15) is 0 Å². The fraction of sp³-hybridized carbons (Fsp3) is 0.227. The van der Waals surface area contributed by atoms with Gasteiger partial charge in [-0.1, -0.05) is 48.6 Å². The summed E-state index contributed by atoms with van der Waals surface area (Å²) in [5.41, 5.74) is 9.89. The Morgan fingerprint density at radius 2 is 1.96 bits per heavy atom. The lowest BCUT2D eigenvalue weighted by Crippen LogP contribution is -2.15. The third kappa shape index (κ3) is 4.41. The molecular weight excluding hydrogens is 322 g/mol. The molecule has 0 saturated heterocycles. The van der Waals surface area contributed by atoms with Crippen molar-refractivity contribution in [2.75, 3.05) is 23.8 Å². The fourth-order valence-electron chi connectivity index (χ4n) is 3.04. The summed E-state index contributed by atoms with van der Waals surface area (Å²) in [5, 5.41) is 2.89. The highest BCUT2D eigenvalue weighted by Crippen LogP contribution is 2.33. The smallest absolute Gasteiger partial charge is 0.224 e. The summed E-state index contributed by atoms with van der Waals surface area (Å²) in [5.74, 6) is 0.268. The molecule has 2 aromatic carbocycles. The standard InChI is InChI=1S/C22H25N3O/c1-25-16-14-18(20-5-2-3-6-21(20)25)11-8-17-9-12-19(13-10-17)24-22(26)7-4-15-23/h2-3,5-6,8-14,16,18H,4,7,15,23H2,1H3,(H,24,26)/b11-8+. The maximum atomic E-state index is 11.7. The number of anilines is 2. The molecule has 1 aliphatic heterocycles. The average Bonchev–Trinajstić information content (AvgIpc) is 2.67. The van der Waals surface area contributed by atoms with Crippen LogP contribution in [0.1, 0.15) is 29.9 Å². The van der Waals surface area contributed by atoms with Gasteiger partial charge in [0.25, 0.3) is 0 Å². The van der Waals surface area contributed by atoms with Crippen LogP contribution in [0.3, 0.4) is 0 Å². The van der Waals surface area contributed by atoms with Crippen molar-refractivity contribution in [3.8, 4) is 0 Å². The van der Waals surface area contributed by atoms with Crippen LogP contribution in [0, 0.1) is 0 Å². The van der Waals surface area contributed by atoms with Crippen molar-refractivity contribution >= 4 is 23.4 Å². The fourth-order valence-corrected chi connectivity index (χ4v) is 3.04. The highest BCUT2D eigenvalue weighted by molar-refractivity contribution is 5.90. The zero-order valence-corrected chi connectivity index (χ0v) is 15.1. The van der Waals surface area contributed by atoms with Gasteiger partial charge in [0.05, 0.1) is 0 Å². The predicted molar refractivity (Wildman–Crippen MR) is 109 cm³/mol. The SMILES string of the molecule is CN1C=CC(/C=C/c2ccc(NC(=O)CCCN)cc2)c2ccccc21. The van der Waals surface area contributed by atoms with Crippen LogP contribution >= 0.6 is 0 Å². The first-order valence-electron chi connectivity index (χ1n) is 8.95. The van der Waals surface area contributed by atoms with Crippen LogP contribution in [0.2, 0.25) is 0 Å². The molecule has 1 heterocycles. The number of hydrogen-bond donors (Lipinski definition) is 2. The van der Waals surface area contributed by atoms with Crippen molar-refractivity contribution < 1.29 is 4.79 Å². The summed E-state index contributed by atoms with van der Waals surface area (Å²) >= 11 is 0. The second-order valence-corrected chi connectivity index (χ2v) is 6.46. The molecule has 4 nitrogen and oxygen atoms in total. The van der Waals surface area contributed by atoms with Crippen LogP contribution in [0.25, 0.3) is 6.08 Å². The van der Waals surface area contributed by atoms with Gasteiger partial charge < -0.3 is 16.0 Å². The predicted octanol–water partition coefficient (Wildman–Crippen LogP) is 4.12. The lowest BCUT2D eigenvalue weighted by atomic mass is 9.93. The van der Waals surface area contributed by atoms with Gasteiger partial charge in [-0.15, -0.1) is 0 Å². The summed E-state index contributed by atoms with van der Waals surface area (Å²) in [6, 6.07) is 16.3. The Kier molecular flexibility index (Phi) is 5.87. The van der Waals surface area contributed by atoms with Crippen LogP contribution in [0.5, 0.6) is 0 Å². The zero-order chi connectivity index (χ0) is 18.4. The Hall–Kier alpha value is -2.85. The van der Waals surface area contributed by atoms with E-state index in [9.17, 15) is 4.79 Å². The lowest BCUT2D eigenvalue weighted by Gasteiger charge is -2.26. The van der Waals surface area contributed by atoms with E-state index in [2.05, 4.69) is 66.0 Å². The van der Waals surface area contributed by atoms with E-state index >= 15 is 0 Å². The van der Waals surface area contributed by atoms with E-state index < -0.39 is 0 Å². The van der Waals surface area contributed by atoms with E-state index in [0.29, 0.717) is 19.4 Å². The molecule has 0 fully saturated rings. The molecule has 0 aliphatic carbocycles. The minimum absolute atomic E-state index is 0.00631. The van der Waals surface area contributed by atoms with Gasteiger partial charge in [0.2, 0.25) is 5.91 Å². The Labute approximate surface area is 155 Å². The highest BCUT2D eigenvalue weighted by Gasteiger charge is 2.15. The number of fused-ring (bicyclic) bond motifs is 1. The summed E-state index contributed by atoms with van der Waals surface area (Å²) < 4.78 is 0. The van der Waals surface area contributed by atoms with Gasteiger partial charge in [-0.3, -0.25) is 4.79 Å². The molecule has 134 valence electrons. The maximum Gasteiger partial charge on any atom is 0.224 e. The molecule has 0 spiro atoms. The van der Waals surface area contributed by atoms with Gasteiger partial charge in [0.15, 0.2) is 0 Å². The normalized spacial score (nSPS) is 15.9. The van der Waals surface area contributed by atoms with E-state index in [4.69, 9.17) is 5.73 Å². The third-order valence-electron chi connectivity index (χ3n) is 4.49. The molecular formula is C22H25N3O. The van der Waals surface area contributed by atoms with Crippen molar-refractivity contribution in [1.82, 2.24) is 0 Å². The van der Waals surface area contributed by atoms with Crippen LogP contribution in [0.15, 0.2) is 66.9 Å². The molecule has 0 saturated carbocycles. The van der Waals surface area contributed by atoms with E-state index in [1.54, 1.807) is 0 Å². The summed E-state index contributed by atoms with van der Waals surface area (Å²) in [4.78, 5) is 13.9. The first-order chi connectivity index (χ1) is 12.7. The summed E-state index contributed by atoms with van der Waals surface area (Å²) in [7, 11) is 2.07. The largest absolute Gasteiger partial charge is 0.351 e. The molecule has 1 atom stereocenters. The Morgan fingerprint density at radius 1 is 1.19 bits per heavy atom. The molecule has 3 rings (SSSR count). The molecule has 0 aromatic heterocycles. The number of carbonyl (C=O) groups excluding carboxylic acids is 1. The van der Waals surface area contributed by atoms with Crippen molar-refractivity contribution in [3.63, 3.8) is 0 Å². The molecule has 0 bridgehead atoms. The van der Waals surface area contributed by atoms with Crippen LogP contribution in [0.4, 0.5) is 11.4 Å². The summed E-state index contributed by atoms with van der Waals surface area (Å²) in [6.07, 6.45) is 9.80. The second-order valence-electron chi connectivity index (χ2n) is 6.46. The number of para-hydroxylation sites is 1. The minimum Gasteiger partial charge on any atom is -0.351 e. The molecule has 2 aromatic rings. The van der Waals surface area contributed by atoms with Gasteiger partial charge in [-0.25, -0.2) is 0 Å². The average molecular weight is 347 g/mol. The number of benzene rings is 2. The van der Waals surface area contributed by atoms with Gasteiger partial charge in [0, 0.05) is 37.0 Å². The maximum absolute atomic E-state index is 11.7. The molecule has 3 N–H and O–H groups in total. The number of allylic oxidation sites excluding steroid dienone is 2. The van der Waals surface area contributed by atoms with Gasteiger partial charge in [-0.05, 0) is 42.3 Å². The number of carbonyl (C=O) groups is 1. The minimum atomic E-state index is 0.00631. The third-order valence-corrected chi connectivity index (χ3v) is 4.49. The Morgan fingerprint density at radius 3 is 2.73 bits per heavy atom. The van der Waals surface area contributed by atoms with Crippen LogP contribution in [-0.2, 0) is 4.79 Å². The van der Waals surface area contributed by atoms with Crippen molar-refractivity contribution in [3.05, 3.63) is 78.0 Å². The number of amides is 1. The first kappa shape index (κ1) is 18.0. The molecule has 1 amide bonds. The number of rotatable bonds is 6. The molecule has 0 radical (unpaired) electrons. The highest BCUT2D eigenvalue weighted by atomic mass is 16.1. The topological polar surface area (TPSA) is 58.4 Å². The number of nitrogens with one attached hydrogen (secondary N) is 1. The zero-order valence-electron chi connectivity index (χ0n) is 15.1. The molecule has 1 unspecified atom stereocenters. The number of nitrogens with two attached hydrogens (primary N) is 1.